The Balaban J connectivity index is 2.47. The molecule has 0 aromatic carbocycles. The van der Waals surface area contributed by atoms with Gasteiger partial charge in [-0.25, -0.2) is 0 Å². The monoisotopic (exact) mass is 180 g/mol. The van der Waals surface area contributed by atoms with Crippen molar-refractivity contribution in [3.05, 3.63) is 0 Å². The Kier molecular flexibility index (Phi) is 3.07. The second-order valence-corrected chi connectivity index (χ2v) is 4.34. The Hall–Kier alpha value is 0.110. The van der Waals surface area contributed by atoms with Crippen LogP contribution in [0, 0.1) is 0 Å². The summed E-state index contributed by atoms with van der Waals surface area (Å²) in [6.45, 7) is 4.87. The first kappa shape index (κ1) is 9.20. The van der Waals surface area contributed by atoms with Crippen molar-refractivity contribution in [3.8, 4) is 0 Å². The molecule has 4 nitrogen and oxygen atoms in total. The quantitative estimate of drug-likeness (QED) is 0.476. The summed E-state index contributed by atoms with van der Waals surface area (Å²) in [6, 6.07) is 0. The van der Waals surface area contributed by atoms with Crippen molar-refractivity contribution in [1.82, 2.24) is 0 Å². The molecule has 0 spiro atoms. The minimum absolute atomic E-state index is 0.303. The Bertz CT molecular complexity index is 156. The van der Waals surface area contributed by atoms with Gasteiger partial charge in [0.15, 0.2) is 5.85 Å². The first-order chi connectivity index (χ1) is 5.23. The second-order valence-electron chi connectivity index (χ2n) is 2.16. The Morgan fingerprint density at radius 2 is 1.91 bits per heavy atom. The topological polar surface area (TPSA) is 48.1 Å². The molecule has 0 amide bonds. The maximum atomic E-state index is 11.6. The highest BCUT2D eigenvalue weighted by atomic mass is 31.2. The zero-order valence-electron chi connectivity index (χ0n) is 6.78. The van der Waals surface area contributed by atoms with E-state index >= 15 is 0 Å². The van der Waals surface area contributed by atoms with E-state index in [1.165, 1.54) is 0 Å². The molecular formula is C6H13O4P. The molecule has 1 aliphatic rings. The SMILES string of the molecule is CCOP(=O)(OCC)[C@@H]1CO1. The van der Waals surface area contributed by atoms with E-state index in [0.29, 0.717) is 19.8 Å². The van der Waals surface area contributed by atoms with E-state index in [0.717, 1.165) is 0 Å². The van der Waals surface area contributed by atoms with Gasteiger partial charge in [0.25, 0.3) is 0 Å². The molecular weight excluding hydrogens is 167 g/mol. The Labute approximate surface area is 66.4 Å². The van der Waals surface area contributed by atoms with Crippen molar-refractivity contribution < 1.29 is 18.3 Å². The molecule has 1 aliphatic heterocycles. The molecule has 1 fully saturated rings. The van der Waals surface area contributed by atoms with Crippen LogP contribution in [0.4, 0.5) is 0 Å². The lowest BCUT2D eigenvalue weighted by molar-refractivity contribution is 0.208. The molecule has 0 radical (unpaired) electrons. The van der Waals surface area contributed by atoms with Gasteiger partial charge in [-0.15, -0.1) is 0 Å². The van der Waals surface area contributed by atoms with Gasteiger partial charge in [0, 0.05) is 0 Å². The zero-order valence-corrected chi connectivity index (χ0v) is 7.67. The average molecular weight is 180 g/mol. The van der Waals surface area contributed by atoms with Crippen molar-refractivity contribution >= 4 is 7.60 Å². The van der Waals surface area contributed by atoms with Gasteiger partial charge in [-0.2, -0.15) is 0 Å². The lowest BCUT2D eigenvalue weighted by Crippen LogP contribution is -2.00. The van der Waals surface area contributed by atoms with E-state index in [-0.39, 0.29) is 5.85 Å². The summed E-state index contributed by atoms with van der Waals surface area (Å²) in [4.78, 5) is 0. The van der Waals surface area contributed by atoms with Gasteiger partial charge in [-0.1, -0.05) is 0 Å². The second kappa shape index (κ2) is 3.68. The van der Waals surface area contributed by atoms with E-state index in [2.05, 4.69) is 0 Å². The third kappa shape index (κ3) is 2.27. The highest BCUT2D eigenvalue weighted by Gasteiger charge is 2.45. The first-order valence-electron chi connectivity index (χ1n) is 3.73. The fourth-order valence-corrected chi connectivity index (χ4v) is 2.37. The van der Waals surface area contributed by atoms with Crippen LogP contribution in [0.3, 0.4) is 0 Å². The summed E-state index contributed by atoms with van der Waals surface area (Å²) in [6.07, 6.45) is 0. The van der Waals surface area contributed by atoms with Crippen molar-refractivity contribution in [2.45, 2.75) is 19.7 Å². The largest absolute Gasteiger partial charge is 0.361 e. The summed E-state index contributed by atoms with van der Waals surface area (Å²) in [5, 5.41) is 0. The summed E-state index contributed by atoms with van der Waals surface area (Å²) < 4.78 is 26.5. The van der Waals surface area contributed by atoms with Crippen molar-refractivity contribution in [3.63, 3.8) is 0 Å². The van der Waals surface area contributed by atoms with Crippen LogP contribution in [0.25, 0.3) is 0 Å². The normalized spacial score (nSPS) is 23.6. The summed E-state index contributed by atoms with van der Waals surface area (Å²) >= 11 is 0. The minimum Gasteiger partial charge on any atom is -0.360 e. The molecule has 1 atom stereocenters. The summed E-state index contributed by atoms with van der Waals surface area (Å²) in [5.41, 5.74) is 0. The molecule has 0 aliphatic carbocycles. The molecule has 0 aromatic rings. The minimum atomic E-state index is -2.90. The molecule has 0 N–H and O–H groups in total. The average Bonchev–Trinajstić information content (AvgIpc) is 2.68. The first-order valence-corrected chi connectivity index (χ1v) is 5.34. The van der Waals surface area contributed by atoms with Gasteiger partial charge in [0.05, 0.1) is 19.8 Å². The number of rotatable bonds is 5. The molecule has 1 saturated heterocycles. The van der Waals surface area contributed by atoms with E-state index in [1.54, 1.807) is 13.8 Å². The fourth-order valence-electron chi connectivity index (χ4n) is 0.789. The highest BCUT2D eigenvalue weighted by Crippen LogP contribution is 2.58. The molecule has 0 saturated carbocycles. The lowest BCUT2D eigenvalue weighted by Gasteiger charge is -2.13. The number of hydrogen-bond acceptors (Lipinski definition) is 4. The van der Waals surface area contributed by atoms with Gasteiger partial charge >= 0.3 is 7.60 Å². The van der Waals surface area contributed by atoms with Crippen LogP contribution in [0.5, 0.6) is 0 Å². The molecule has 11 heavy (non-hydrogen) atoms. The van der Waals surface area contributed by atoms with Crippen LogP contribution in [0.1, 0.15) is 13.8 Å². The van der Waals surface area contributed by atoms with Crippen molar-refractivity contribution in [2.24, 2.45) is 0 Å². The van der Waals surface area contributed by atoms with Crippen LogP contribution < -0.4 is 0 Å². The zero-order chi connectivity index (χ0) is 8.32. The molecule has 0 unspecified atom stereocenters. The third-order valence-electron chi connectivity index (χ3n) is 1.29. The molecule has 0 aromatic heterocycles. The number of ether oxygens (including phenoxy) is 1. The summed E-state index contributed by atoms with van der Waals surface area (Å²) in [5.74, 6) is -0.303. The highest BCUT2D eigenvalue weighted by molar-refractivity contribution is 7.54. The predicted octanol–water partition coefficient (Wildman–Crippen LogP) is 1.61. The van der Waals surface area contributed by atoms with Crippen molar-refractivity contribution in [1.29, 1.82) is 0 Å². The number of epoxide rings is 1. The van der Waals surface area contributed by atoms with Gasteiger partial charge < -0.3 is 13.8 Å². The Morgan fingerprint density at radius 3 is 2.18 bits per heavy atom. The van der Waals surface area contributed by atoms with Crippen LogP contribution in [-0.4, -0.2) is 25.7 Å². The molecule has 1 heterocycles. The van der Waals surface area contributed by atoms with E-state index in [9.17, 15) is 4.57 Å². The predicted molar refractivity (Wildman–Crippen MR) is 40.6 cm³/mol. The molecule has 0 bridgehead atoms. The van der Waals surface area contributed by atoms with Crippen molar-refractivity contribution in [2.75, 3.05) is 19.8 Å². The fraction of sp³-hybridized carbons (Fsp3) is 1.00. The maximum Gasteiger partial charge on any atom is 0.361 e. The van der Waals surface area contributed by atoms with Gasteiger partial charge in [-0.3, -0.25) is 4.57 Å². The van der Waals surface area contributed by atoms with E-state index in [1.807, 2.05) is 0 Å². The van der Waals surface area contributed by atoms with E-state index < -0.39 is 7.60 Å². The standard InChI is InChI=1S/C6H13O4P/c1-3-9-11(7,10-4-2)6-5-8-6/h6H,3-5H2,1-2H3/t6-/m1/s1. The lowest BCUT2D eigenvalue weighted by atomic mass is 10.9. The Morgan fingerprint density at radius 1 is 1.45 bits per heavy atom. The van der Waals surface area contributed by atoms with Crippen LogP contribution in [0.2, 0.25) is 0 Å². The third-order valence-corrected chi connectivity index (χ3v) is 3.53. The molecule has 1 rings (SSSR count). The van der Waals surface area contributed by atoms with Gasteiger partial charge in [0.1, 0.15) is 0 Å². The maximum absolute atomic E-state index is 11.6. The van der Waals surface area contributed by atoms with Crippen LogP contribution in [0.15, 0.2) is 0 Å². The molecule has 5 heteroatoms. The van der Waals surface area contributed by atoms with E-state index in [4.69, 9.17) is 13.8 Å². The van der Waals surface area contributed by atoms with Crippen LogP contribution in [-0.2, 0) is 18.3 Å². The molecule has 66 valence electrons. The van der Waals surface area contributed by atoms with Crippen LogP contribution >= 0.6 is 7.60 Å². The van der Waals surface area contributed by atoms with Gasteiger partial charge in [-0.05, 0) is 13.8 Å². The summed E-state index contributed by atoms with van der Waals surface area (Å²) in [7, 11) is -2.90. The number of hydrogen-bond donors (Lipinski definition) is 0. The smallest absolute Gasteiger partial charge is 0.360 e. The van der Waals surface area contributed by atoms with Gasteiger partial charge in [0.2, 0.25) is 0 Å².